The first-order valence-corrected chi connectivity index (χ1v) is 9.68. The number of Topliss-reactive ketones (excluding diaryl/α,β-unsaturated/α-hetero) is 1. The fourth-order valence-corrected chi connectivity index (χ4v) is 3.59. The normalized spacial score (nSPS) is 11.9. The number of carbonyl (C=O) groups excluding carboxylic acids is 2. The molecule has 0 aliphatic heterocycles. The fraction of sp³-hybridized carbons (Fsp3) is 0.250. The molecule has 0 spiro atoms. The first-order chi connectivity index (χ1) is 13.4. The molecule has 1 atom stereocenters. The van der Waals surface area contributed by atoms with Crippen LogP contribution in [0.5, 0.6) is 0 Å². The molecule has 144 valence electrons. The van der Waals surface area contributed by atoms with Crippen LogP contribution in [0.25, 0.3) is 5.69 Å². The Morgan fingerprint density at radius 3 is 2.61 bits per heavy atom. The van der Waals surface area contributed by atoms with Crippen LogP contribution in [0.1, 0.15) is 35.3 Å². The number of tetrazole rings is 1. The SMILES string of the molecule is CC(=O)c1ccccc1NC(=O)C(C)Sc1nnnn1-c1ccc(C)cc1C. The number of thioether (sulfide) groups is 1. The van der Waals surface area contributed by atoms with Gasteiger partial charge in [0.1, 0.15) is 0 Å². The number of benzene rings is 2. The minimum atomic E-state index is -0.462. The van der Waals surface area contributed by atoms with Crippen molar-refractivity contribution in [2.75, 3.05) is 5.32 Å². The molecule has 1 unspecified atom stereocenters. The maximum absolute atomic E-state index is 12.7. The number of carbonyl (C=O) groups is 2. The molecule has 0 radical (unpaired) electrons. The van der Waals surface area contributed by atoms with Gasteiger partial charge in [0, 0.05) is 5.56 Å². The molecule has 28 heavy (non-hydrogen) atoms. The third-order valence-corrected chi connectivity index (χ3v) is 5.27. The van der Waals surface area contributed by atoms with Crippen LogP contribution < -0.4 is 5.32 Å². The summed E-state index contributed by atoms with van der Waals surface area (Å²) in [7, 11) is 0. The van der Waals surface area contributed by atoms with E-state index in [2.05, 4.69) is 26.9 Å². The number of amides is 1. The van der Waals surface area contributed by atoms with E-state index in [4.69, 9.17) is 0 Å². The van der Waals surface area contributed by atoms with E-state index in [1.54, 1.807) is 35.9 Å². The molecule has 1 amide bonds. The highest BCUT2D eigenvalue weighted by atomic mass is 32.2. The van der Waals surface area contributed by atoms with Crippen molar-refractivity contribution in [1.29, 1.82) is 0 Å². The van der Waals surface area contributed by atoms with Crippen molar-refractivity contribution < 1.29 is 9.59 Å². The number of para-hydroxylation sites is 1. The summed E-state index contributed by atoms with van der Waals surface area (Å²) in [6, 6.07) is 13.0. The average Bonchev–Trinajstić information content (AvgIpc) is 3.09. The van der Waals surface area contributed by atoms with Crippen molar-refractivity contribution in [3.05, 3.63) is 59.2 Å². The summed E-state index contributed by atoms with van der Waals surface area (Å²) in [6.45, 7) is 7.27. The minimum Gasteiger partial charge on any atom is -0.324 e. The van der Waals surface area contributed by atoms with Gasteiger partial charge in [-0.05, 0) is 61.9 Å². The summed E-state index contributed by atoms with van der Waals surface area (Å²) in [5.74, 6) is -0.330. The van der Waals surface area contributed by atoms with Crippen LogP contribution in [0.4, 0.5) is 5.69 Å². The summed E-state index contributed by atoms with van der Waals surface area (Å²) < 4.78 is 1.63. The maximum Gasteiger partial charge on any atom is 0.237 e. The number of hydrogen-bond donors (Lipinski definition) is 1. The number of aromatic nitrogens is 4. The maximum atomic E-state index is 12.7. The molecule has 2 aromatic carbocycles. The molecule has 0 aliphatic rings. The van der Waals surface area contributed by atoms with E-state index in [1.807, 2.05) is 26.0 Å². The highest BCUT2D eigenvalue weighted by Gasteiger charge is 2.21. The van der Waals surface area contributed by atoms with Gasteiger partial charge < -0.3 is 5.32 Å². The van der Waals surface area contributed by atoms with Crippen molar-refractivity contribution >= 4 is 29.1 Å². The van der Waals surface area contributed by atoms with Gasteiger partial charge in [-0.1, -0.05) is 41.6 Å². The van der Waals surface area contributed by atoms with Crippen molar-refractivity contribution in [2.45, 2.75) is 38.1 Å². The molecule has 3 aromatic rings. The Balaban J connectivity index is 1.77. The Kier molecular flexibility index (Phi) is 5.89. The molecule has 1 aromatic heterocycles. The summed E-state index contributed by atoms with van der Waals surface area (Å²) in [5, 5.41) is 14.8. The summed E-state index contributed by atoms with van der Waals surface area (Å²) >= 11 is 1.26. The smallest absolute Gasteiger partial charge is 0.237 e. The van der Waals surface area contributed by atoms with Crippen molar-refractivity contribution in [2.24, 2.45) is 0 Å². The number of nitrogens with zero attached hydrogens (tertiary/aromatic N) is 4. The topological polar surface area (TPSA) is 89.8 Å². The lowest BCUT2D eigenvalue weighted by Gasteiger charge is -2.14. The van der Waals surface area contributed by atoms with Gasteiger partial charge in [-0.15, -0.1) is 5.10 Å². The zero-order valence-electron chi connectivity index (χ0n) is 16.1. The van der Waals surface area contributed by atoms with Crippen LogP contribution in [-0.4, -0.2) is 37.1 Å². The van der Waals surface area contributed by atoms with Gasteiger partial charge in [0.05, 0.1) is 16.6 Å². The van der Waals surface area contributed by atoms with Crippen LogP contribution in [0, 0.1) is 13.8 Å². The highest BCUT2D eigenvalue weighted by molar-refractivity contribution is 8.00. The standard InChI is InChI=1S/C20H21N5O2S/c1-12-9-10-18(13(2)11-12)25-20(22-23-24-25)28-15(4)19(27)21-17-8-6-5-7-16(17)14(3)26/h5-11,15H,1-4H3,(H,21,27). The monoisotopic (exact) mass is 395 g/mol. The lowest BCUT2D eigenvalue weighted by molar-refractivity contribution is -0.115. The Hall–Kier alpha value is -3.00. The first-order valence-electron chi connectivity index (χ1n) is 8.80. The lowest BCUT2D eigenvalue weighted by atomic mass is 10.1. The molecular formula is C20H21N5O2S. The largest absolute Gasteiger partial charge is 0.324 e. The molecular weight excluding hydrogens is 374 g/mol. The Bertz CT molecular complexity index is 1030. The third kappa shape index (κ3) is 4.28. The molecule has 0 saturated carbocycles. The van der Waals surface area contributed by atoms with E-state index < -0.39 is 5.25 Å². The van der Waals surface area contributed by atoms with Crippen LogP contribution in [0.15, 0.2) is 47.6 Å². The minimum absolute atomic E-state index is 0.102. The van der Waals surface area contributed by atoms with Gasteiger partial charge >= 0.3 is 0 Å². The quantitative estimate of drug-likeness (QED) is 0.507. The average molecular weight is 395 g/mol. The third-order valence-electron chi connectivity index (χ3n) is 4.24. The van der Waals surface area contributed by atoms with Crippen LogP contribution in [0.3, 0.4) is 0 Å². The van der Waals surface area contributed by atoms with Crippen LogP contribution in [0.2, 0.25) is 0 Å². The molecule has 7 nitrogen and oxygen atoms in total. The van der Waals surface area contributed by atoms with Crippen LogP contribution in [-0.2, 0) is 4.79 Å². The molecule has 0 saturated heterocycles. The van der Waals surface area contributed by atoms with Gasteiger partial charge in [-0.25, -0.2) is 0 Å². The van der Waals surface area contributed by atoms with Gasteiger partial charge in [-0.2, -0.15) is 4.68 Å². The van der Waals surface area contributed by atoms with Gasteiger partial charge in [0.2, 0.25) is 11.1 Å². The molecule has 0 bridgehead atoms. The lowest BCUT2D eigenvalue weighted by Crippen LogP contribution is -2.24. The molecule has 8 heteroatoms. The molecule has 1 heterocycles. The Labute approximate surface area is 167 Å². The van der Waals surface area contributed by atoms with Gasteiger partial charge in [0.25, 0.3) is 0 Å². The fourth-order valence-electron chi connectivity index (χ4n) is 2.79. The van der Waals surface area contributed by atoms with Crippen molar-refractivity contribution in [1.82, 2.24) is 20.2 Å². The van der Waals surface area contributed by atoms with E-state index >= 15 is 0 Å². The van der Waals surface area contributed by atoms with Crippen molar-refractivity contribution in [3.63, 3.8) is 0 Å². The second-order valence-electron chi connectivity index (χ2n) is 6.51. The van der Waals surface area contributed by atoms with Crippen molar-refractivity contribution in [3.8, 4) is 5.69 Å². The van der Waals surface area contributed by atoms with E-state index in [0.29, 0.717) is 16.4 Å². The zero-order chi connectivity index (χ0) is 20.3. The second-order valence-corrected chi connectivity index (χ2v) is 7.82. The second kappa shape index (κ2) is 8.35. The first kappa shape index (κ1) is 19.8. The predicted octanol–water partition coefficient (Wildman–Crippen LogP) is 3.60. The summed E-state index contributed by atoms with van der Waals surface area (Å²) in [4.78, 5) is 24.4. The van der Waals surface area contributed by atoms with E-state index in [1.165, 1.54) is 18.7 Å². The van der Waals surface area contributed by atoms with Crippen LogP contribution >= 0.6 is 11.8 Å². The summed E-state index contributed by atoms with van der Waals surface area (Å²) in [5.41, 5.74) is 4.05. The number of hydrogen-bond acceptors (Lipinski definition) is 6. The Morgan fingerprint density at radius 1 is 1.14 bits per heavy atom. The van der Waals surface area contributed by atoms with E-state index in [9.17, 15) is 9.59 Å². The predicted molar refractivity (Wildman–Crippen MR) is 109 cm³/mol. The van der Waals surface area contributed by atoms with Gasteiger partial charge in [0.15, 0.2) is 5.78 Å². The number of anilines is 1. The molecule has 0 fully saturated rings. The molecule has 1 N–H and O–H groups in total. The van der Waals surface area contributed by atoms with Gasteiger partial charge in [-0.3, -0.25) is 9.59 Å². The number of aryl methyl sites for hydroxylation is 2. The molecule has 3 rings (SSSR count). The Morgan fingerprint density at radius 2 is 1.89 bits per heavy atom. The van der Waals surface area contributed by atoms with E-state index in [0.717, 1.165) is 16.8 Å². The zero-order valence-corrected chi connectivity index (χ0v) is 16.9. The number of rotatable bonds is 6. The number of nitrogens with one attached hydrogen (secondary N) is 1. The highest BCUT2D eigenvalue weighted by Crippen LogP contribution is 2.26. The van der Waals surface area contributed by atoms with E-state index in [-0.39, 0.29) is 11.7 Å². The molecule has 0 aliphatic carbocycles. The number of ketones is 1. The summed E-state index contributed by atoms with van der Waals surface area (Å²) in [6.07, 6.45) is 0.